The zero-order valence-electron chi connectivity index (χ0n) is 11.7. The molecule has 0 saturated carbocycles. The van der Waals surface area contributed by atoms with Crippen molar-refractivity contribution in [3.05, 3.63) is 41.3 Å². The second-order valence-corrected chi connectivity index (χ2v) is 5.51. The number of rotatable bonds is 2. The minimum Gasteiger partial charge on any atom is -0.342 e. The Labute approximate surface area is 114 Å². The van der Waals surface area contributed by atoms with Crippen molar-refractivity contribution < 1.29 is 0 Å². The van der Waals surface area contributed by atoms with Gasteiger partial charge in [-0.15, -0.1) is 0 Å². The van der Waals surface area contributed by atoms with Crippen LogP contribution in [0.1, 0.15) is 35.7 Å². The van der Waals surface area contributed by atoms with E-state index in [4.69, 9.17) is 0 Å². The molecule has 100 valence electrons. The molecule has 0 spiro atoms. The van der Waals surface area contributed by atoms with Crippen molar-refractivity contribution in [2.45, 2.75) is 32.6 Å². The number of aromatic amines is 1. The maximum Gasteiger partial charge on any atom is 0.109 e. The summed E-state index contributed by atoms with van der Waals surface area (Å²) in [5, 5.41) is 3.39. The Morgan fingerprint density at radius 1 is 1.11 bits per heavy atom. The molecule has 0 bridgehead atoms. The number of aromatic nitrogens is 2. The van der Waals surface area contributed by atoms with Crippen LogP contribution < -0.4 is 5.32 Å². The SMILES string of the molecule is Cc1ccc(-c2cnc(C3CCNCC3)[nH]2)cc1C. The third-order valence-electron chi connectivity index (χ3n) is 4.14. The molecular formula is C16H21N3. The second kappa shape index (κ2) is 5.17. The Morgan fingerprint density at radius 2 is 1.89 bits per heavy atom. The topological polar surface area (TPSA) is 40.7 Å². The van der Waals surface area contributed by atoms with Gasteiger partial charge in [0.1, 0.15) is 5.82 Å². The van der Waals surface area contributed by atoms with Crippen molar-refractivity contribution in [1.82, 2.24) is 15.3 Å². The van der Waals surface area contributed by atoms with Crippen LogP contribution in [0.3, 0.4) is 0 Å². The fourth-order valence-electron chi connectivity index (χ4n) is 2.70. The highest BCUT2D eigenvalue weighted by Gasteiger charge is 2.18. The quantitative estimate of drug-likeness (QED) is 0.865. The molecule has 2 heterocycles. The number of imidazole rings is 1. The van der Waals surface area contributed by atoms with Gasteiger partial charge in [-0.2, -0.15) is 0 Å². The van der Waals surface area contributed by atoms with Crippen LogP contribution in [0.4, 0.5) is 0 Å². The lowest BCUT2D eigenvalue weighted by Crippen LogP contribution is -2.27. The molecule has 1 aliphatic heterocycles. The van der Waals surface area contributed by atoms with E-state index in [0.29, 0.717) is 5.92 Å². The molecule has 3 heteroatoms. The monoisotopic (exact) mass is 255 g/mol. The largest absolute Gasteiger partial charge is 0.342 e. The zero-order valence-corrected chi connectivity index (χ0v) is 11.7. The summed E-state index contributed by atoms with van der Waals surface area (Å²) in [4.78, 5) is 8.09. The Kier molecular flexibility index (Phi) is 3.38. The van der Waals surface area contributed by atoms with Crippen molar-refractivity contribution >= 4 is 0 Å². The molecule has 19 heavy (non-hydrogen) atoms. The number of piperidine rings is 1. The van der Waals surface area contributed by atoms with Gasteiger partial charge in [-0.1, -0.05) is 12.1 Å². The predicted molar refractivity (Wildman–Crippen MR) is 78.3 cm³/mol. The van der Waals surface area contributed by atoms with Crippen LogP contribution in [0.2, 0.25) is 0 Å². The van der Waals surface area contributed by atoms with Crippen LogP contribution in [0.15, 0.2) is 24.4 Å². The normalized spacial score (nSPS) is 16.7. The molecule has 3 rings (SSSR count). The Hall–Kier alpha value is -1.61. The van der Waals surface area contributed by atoms with Crippen LogP contribution in [0.25, 0.3) is 11.3 Å². The number of aryl methyl sites for hydroxylation is 2. The van der Waals surface area contributed by atoms with E-state index >= 15 is 0 Å². The summed E-state index contributed by atoms with van der Waals surface area (Å²) in [6.07, 6.45) is 4.33. The molecule has 2 N–H and O–H groups in total. The van der Waals surface area contributed by atoms with Gasteiger partial charge in [0.2, 0.25) is 0 Å². The van der Waals surface area contributed by atoms with Gasteiger partial charge in [0.05, 0.1) is 11.9 Å². The Balaban J connectivity index is 1.85. The lowest BCUT2D eigenvalue weighted by Gasteiger charge is -2.20. The average Bonchev–Trinajstić information content (AvgIpc) is 2.93. The number of hydrogen-bond donors (Lipinski definition) is 2. The molecule has 0 radical (unpaired) electrons. The predicted octanol–water partition coefficient (Wildman–Crippen LogP) is 3.16. The number of nitrogens with zero attached hydrogens (tertiary/aromatic N) is 1. The first-order valence-electron chi connectivity index (χ1n) is 7.07. The summed E-state index contributed by atoms with van der Waals surface area (Å²) >= 11 is 0. The minimum atomic E-state index is 0.585. The van der Waals surface area contributed by atoms with Crippen molar-refractivity contribution in [3.63, 3.8) is 0 Å². The first kappa shape index (κ1) is 12.4. The lowest BCUT2D eigenvalue weighted by atomic mass is 9.97. The molecule has 1 aliphatic rings. The molecule has 0 unspecified atom stereocenters. The summed E-state index contributed by atoms with van der Waals surface area (Å²) in [7, 11) is 0. The van der Waals surface area contributed by atoms with Crippen LogP contribution >= 0.6 is 0 Å². The number of H-pyrrole nitrogens is 1. The fraction of sp³-hybridized carbons (Fsp3) is 0.438. The first-order chi connectivity index (χ1) is 9.24. The number of nitrogens with one attached hydrogen (secondary N) is 2. The Bertz CT molecular complexity index is 565. The number of benzene rings is 1. The minimum absolute atomic E-state index is 0.585. The highest BCUT2D eigenvalue weighted by molar-refractivity contribution is 5.60. The average molecular weight is 255 g/mol. The molecule has 1 fully saturated rings. The van der Waals surface area contributed by atoms with Crippen molar-refractivity contribution in [2.24, 2.45) is 0 Å². The van der Waals surface area contributed by atoms with Crippen LogP contribution in [0.5, 0.6) is 0 Å². The zero-order chi connectivity index (χ0) is 13.2. The summed E-state index contributed by atoms with van der Waals surface area (Å²) < 4.78 is 0. The van der Waals surface area contributed by atoms with Gasteiger partial charge in [-0.3, -0.25) is 0 Å². The van der Waals surface area contributed by atoms with E-state index in [0.717, 1.165) is 24.6 Å². The van der Waals surface area contributed by atoms with E-state index < -0.39 is 0 Å². The maximum atomic E-state index is 4.59. The van der Waals surface area contributed by atoms with E-state index in [1.165, 1.54) is 29.5 Å². The third-order valence-corrected chi connectivity index (χ3v) is 4.14. The summed E-state index contributed by atoms with van der Waals surface area (Å²) in [6, 6.07) is 6.58. The molecule has 0 amide bonds. The van der Waals surface area contributed by atoms with Gasteiger partial charge in [0.25, 0.3) is 0 Å². The van der Waals surface area contributed by atoms with Gasteiger partial charge in [-0.05, 0) is 62.5 Å². The second-order valence-electron chi connectivity index (χ2n) is 5.51. The van der Waals surface area contributed by atoms with E-state index in [9.17, 15) is 0 Å². The van der Waals surface area contributed by atoms with Gasteiger partial charge >= 0.3 is 0 Å². The van der Waals surface area contributed by atoms with Gasteiger partial charge in [-0.25, -0.2) is 4.98 Å². The summed E-state index contributed by atoms with van der Waals surface area (Å²) in [6.45, 7) is 6.50. The standard InChI is InChI=1S/C16H21N3/c1-11-3-4-14(9-12(11)2)15-10-18-16(19-15)13-5-7-17-8-6-13/h3-4,9-10,13,17H,5-8H2,1-2H3,(H,18,19). The van der Waals surface area contributed by atoms with E-state index in [2.05, 4.69) is 47.3 Å². The molecule has 2 aromatic rings. The van der Waals surface area contributed by atoms with Gasteiger partial charge in [0.15, 0.2) is 0 Å². The van der Waals surface area contributed by atoms with Gasteiger partial charge in [0, 0.05) is 5.92 Å². The smallest absolute Gasteiger partial charge is 0.109 e. The first-order valence-corrected chi connectivity index (χ1v) is 7.07. The number of hydrogen-bond acceptors (Lipinski definition) is 2. The van der Waals surface area contributed by atoms with Crippen LogP contribution in [-0.4, -0.2) is 23.1 Å². The molecule has 0 aliphatic carbocycles. The third kappa shape index (κ3) is 2.56. The van der Waals surface area contributed by atoms with E-state index in [-0.39, 0.29) is 0 Å². The summed E-state index contributed by atoms with van der Waals surface area (Å²) in [5.41, 5.74) is 5.03. The maximum absolute atomic E-state index is 4.59. The van der Waals surface area contributed by atoms with E-state index in [1.54, 1.807) is 0 Å². The van der Waals surface area contributed by atoms with Gasteiger partial charge < -0.3 is 10.3 Å². The van der Waals surface area contributed by atoms with Crippen molar-refractivity contribution in [3.8, 4) is 11.3 Å². The van der Waals surface area contributed by atoms with Crippen LogP contribution in [-0.2, 0) is 0 Å². The highest BCUT2D eigenvalue weighted by atomic mass is 14.9. The highest BCUT2D eigenvalue weighted by Crippen LogP contribution is 2.26. The summed E-state index contributed by atoms with van der Waals surface area (Å²) in [5.74, 6) is 1.73. The molecular weight excluding hydrogens is 234 g/mol. The van der Waals surface area contributed by atoms with Crippen LogP contribution in [0, 0.1) is 13.8 Å². The molecule has 0 atom stereocenters. The van der Waals surface area contributed by atoms with Crippen molar-refractivity contribution in [1.29, 1.82) is 0 Å². The van der Waals surface area contributed by atoms with Crippen molar-refractivity contribution in [2.75, 3.05) is 13.1 Å². The molecule has 1 saturated heterocycles. The molecule has 1 aromatic heterocycles. The Morgan fingerprint density at radius 3 is 2.63 bits per heavy atom. The molecule has 1 aromatic carbocycles. The molecule has 3 nitrogen and oxygen atoms in total. The lowest BCUT2D eigenvalue weighted by molar-refractivity contribution is 0.447. The van der Waals surface area contributed by atoms with E-state index in [1.807, 2.05) is 6.20 Å². The fourth-order valence-corrected chi connectivity index (χ4v) is 2.70.